The summed E-state index contributed by atoms with van der Waals surface area (Å²) in [6, 6.07) is 28.2. The maximum atomic E-state index is 12.1. The molecule has 0 saturated heterocycles. The van der Waals surface area contributed by atoms with Gasteiger partial charge in [-0.15, -0.1) is 0 Å². The van der Waals surface area contributed by atoms with Crippen LogP contribution >= 0.6 is 0 Å². The van der Waals surface area contributed by atoms with Crippen LogP contribution in [0.1, 0.15) is 62.3 Å². The number of esters is 2. The second-order valence-electron chi connectivity index (χ2n) is 13.7. The number of aryl methyl sites for hydroxylation is 4. The van der Waals surface area contributed by atoms with E-state index >= 15 is 0 Å². The molecule has 4 aromatic rings. The van der Waals surface area contributed by atoms with Crippen LogP contribution in [0.2, 0.25) is 0 Å². The van der Waals surface area contributed by atoms with E-state index in [2.05, 4.69) is 106 Å². The molecule has 0 aromatic heterocycles. The van der Waals surface area contributed by atoms with Gasteiger partial charge in [-0.2, -0.15) is 0 Å². The summed E-state index contributed by atoms with van der Waals surface area (Å²) in [5, 5.41) is 19.3. The first-order valence-corrected chi connectivity index (χ1v) is 18.5. The van der Waals surface area contributed by atoms with Crippen molar-refractivity contribution in [2.45, 2.75) is 66.2 Å². The third-order valence-electron chi connectivity index (χ3n) is 9.28. The Kier molecular flexibility index (Phi) is 15.6. The van der Waals surface area contributed by atoms with Gasteiger partial charge in [0.25, 0.3) is 0 Å². The number of benzene rings is 4. The average Bonchev–Trinajstić information content (AvgIpc) is 3.17. The third kappa shape index (κ3) is 11.8. The molecule has 2 N–H and O–H groups in total. The van der Waals surface area contributed by atoms with Crippen molar-refractivity contribution >= 4 is 11.9 Å². The van der Waals surface area contributed by atoms with Crippen molar-refractivity contribution in [1.29, 1.82) is 0 Å². The fourth-order valence-electron chi connectivity index (χ4n) is 6.08. The molecule has 280 valence electrons. The molecule has 0 fully saturated rings. The van der Waals surface area contributed by atoms with Crippen molar-refractivity contribution < 1.29 is 34.0 Å². The predicted octanol–water partition coefficient (Wildman–Crippen LogP) is 9.03. The number of carbonyl (C=O) groups excluding carboxylic acids is 2. The monoisotopic (exact) mass is 718 g/mol. The summed E-state index contributed by atoms with van der Waals surface area (Å²) in [5.41, 5.74) is 11.9. The summed E-state index contributed by atoms with van der Waals surface area (Å²) in [6.45, 7) is 15.4. The topological polar surface area (TPSA) is 102 Å². The summed E-state index contributed by atoms with van der Waals surface area (Å²) in [7, 11) is 0. The Balaban J connectivity index is 1.70. The Morgan fingerprint density at radius 3 is 1.57 bits per heavy atom. The number of aliphatic hydroxyl groups is 2. The molecule has 0 saturated carbocycles. The minimum Gasteiger partial charge on any atom is -0.493 e. The van der Waals surface area contributed by atoms with Gasteiger partial charge in [0.1, 0.15) is 5.75 Å². The maximum Gasteiger partial charge on any atom is 0.333 e. The highest BCUT2D eigenvalue weighted by Gasteiger charge is 2.18. The molecule has 4 aromatic carbocycles. The average molecular weight is 719 g/mol. The summed E-state index contributed by atoms with van der Waals surface area (Å²) < 4.78 is 17.3. The van der Waals surface area contributed by atoms with Crippen molar-refractivity contribution in [1.82, 2.24) is 0 Å². The molecule has 0 aliphatic carbocycles. The number of ether oxygens (including phenoxy) is 3. The zero-order chi connectivity index (χ0) is 38.3. The minimum absolute atomic E-state index is 0.132. The van der Waals surface area contributed by atoms with Gasteiger partial charge in [-0.3, -0.25) is 0 Å². The van der Waals surface area contributed by atoms with Crippen LogP contribution in [-0.2, 0) is 38.3 Å². The highest BCUT2D eigenvalue weighted by atomic mass is 16.5. The van der Waals surface area contributed by atoms with Gasteiger partial charge in [0.2, 0.25) is 0 Å². The number of rotatable bonds is 20. The van der Waals surface area contributed by atoms with E-state index in [1.165, 1.54) is 22.3 Å². The lowest BCUT2D eigenvalue weighted by Crippen LogP contribution is -2.16. The molecule has 0 heterocycles. The molecule has 7 nitrogen and oxygen atoms in total. The highest BCUT2D eigenvalue weighted by Crippen LogP contribution is 2.37. The number of hydrogen-bond donors (Lipinski definition) is 2. The smallest absolute Gasteiger partial charge is 0.333 e. The normalized spacial score (nSPS) is 11.0. The van der Waals surface area contributed by atoms with Gasteiger partial charge in [0.05, 0.1) is 19.8 Å². The molecule has 4 rings (SSSR count). The maximum absolute atomic E-state index is 12.1. The molecule has 0 unspecified atom stereocenters. The third-order valence-corrected chi connectivity index (χ3v) is 9.28. The molecular weight excluding hydrogens is 664 g/mol. The van der Waals surface area contributed by atoms with Gasteiger partial charge < -0.3 is 24.4 Å². The Morgan fingerprint density at radius 1 is 0.642 bits per heavy atom. The van der Waals surface area contributed by atoms with Crippen LogP contribution in [0.3, 0.4) is 0 Å². The van der Waals surface area contributed by atoms with E-state index in [1.54, 1.807) is 13.8 Å². The van der Waals surface area contributed by atoms with Crippen LogP contribution in [0.4, 0.5) is 0 Å². The Morgan fingerprint density at radius 2 is 1.09 bits per heavy atom. The molecule has 0 aliphatic heterocycles. The second-order valence-corrected chi connectivity index (χ2v) is 13.7. The molecule has 0 radical (unpaired) electrons. The van der Waals surface area contributed by atoms with Crippen molar-refractivity contribution in [3.63, 3.8) is 0 Å². The highest BCUT2D eigenvalue weighted by molar-refractivity contribution is 5.87. The van der Waals surface area contributed by atoms with E-state index in [1.807, 2.05) is 0 Å². The number of aliphatic hydroxyl groups excluding tert-OH is 2. The van der Waals surface area contributed by atoms with Crippen LogP contribution in [-0.4, -0.2) is 55.2 Å². The predicted molar refractivity (Wildman–Crippen MR) is 213 cm³/mol. The molecule has 0 amide bonds. The molecule has 0 spiro atoms. The van der Waals surface area contributed by atoms with E-state index < -0.39 is 11.9 Å². The van der Waals surface area contributed by atoms with E-state index in [4.69, 9.17) is 14.2 Å². The van der Waals surface area contributed by atoms with Crippen LogP contribution in [0.15, 0.2) is 103 Å². The summed E-state index contributed by atoms with van der Waals surface area (Å²) in [5.74, 6) is -0.397. The first-order chi connectivity index (χ1) is 25.5. The van der Waals surface area contributed by atoms with Crippen molar-refractivity contribution in [3.05, 3.63) is 125 Å². The van der Waals surface area contributed by atoms with Crippen LogP contribution in [0.25, 0.3) is 33.4 Å². The lowest BCUT2D eigenvalue weighted by molar-refractivity contribution is -0.139. The standard InChI is InChI=1S/C46H54O7/c1-7-35-26-39(38-18-16-37(17-19-38)36-14-12-33(6)13-15-36)20-21-43(35)42-27-40(10-8-23-52-45(49)31(2)3)44(51-25-22-34(29-47)30-48)41(28-42)11-9-24-53-46(50)32(4)5/h12-21,26-28,34,47-48H,2,4,7-11,22-25,29-30H2,1,3,5-6H3. The molecule has 7 heteroatoms. The summed E-state index contributed by atoms with van der Waals surface area (Å²) >= 11 is 0. The minimum atomic E-state index is -0.420. The summed E-state index contributed by atoms with van der Waals surface area (Å²) in [6.07, 6.45) is 3.62. The molecule has 53 heavy (non-hydrogen) atoms. The molecule has 0 atom stereocenters. The van der Waals surface area contributed by atoms with E-state index in [-0.39, 0.29) is 32.3 Å². The van der Waals surface area contributed by atoms with Crippen LogP contribution in [0, 0.1) is 12.8 Å². The molecule has 0 aliphatic rings. The van der Waals surface area contributed by atoms with Crippen molar-refractivity contribution in [2.24, 2.45) is 5.92 Å². The Bertz CT molecular complexity index is 1800. The van der Waals surface area contributed by atoms with Gasteiger partial charge in [-0.05, 0) is 121 Å². The van der Waals surface area contributed by atoms with Crippen molar-refractivity contribution in [2.75, 3.05) is 33.0 Å². The van der Waals surface area contributed by atoms with E-state index in [0.29, 0.717) is 49.9 Å². The number of hydrogen-bond acceptors (Lipinski definition) is 7. The Hall–Kier alpha value is -4.98. The SMILES string of the molecule is C=C(C)C(=O)OCCCc1cc(-c2ccc(-c3ccc(-c4ccc(C)cc4)cc3)cc2CC)cc(CCCOC(=O)C(=C)C)c1OCCC(CO)CO. The lowest BCUT2D eigenvalue weighted by atomic mass is 9.89. The van der Waals surface area contributed by atoms with E-state index in [0.717, 1.165) is 45.6 Å². The van der Waals surface area contributed by atoms with Gasteiger partial charge in [-0.25, -0.2) is 9.59 Å². The van der Waals surface area contributed by atoms with Crippen LogP contribution < -0.4 is 4.74 Å². The zero-order valence-electron chi connectivity index (χ0n) is 31.7. The molecule has 0 bridgehead atoms. The largest absolute Gasteiger partial charge is 0.493 e. The number of carbonyl (C=O) groups is 2. The lowest BCUT2D eigenvalue weighted by Gasteiger charge is -2.21. The fourth-order valence-corrected chi connectivity index (χ4v) is 6.08. The van der Waals surface area contributed by atoms with Crippen molar-refractivity contribution in [3.8, 4) is 39.1 Å². The van der Waals surface area contributed by atoms with Gasteiger partial charge in [0, 0.05) is 30.3 Å². The zero-order valence-corrected chi connectivity index (χ0v) is 31.7. The van der Waals surface area contributed by atoms with Gasteiger partial charge in [0.15, 0.2) is 0 Å². The first-order valence-electron chi connectivity index (χ1n) is 18.5. The first kappa shape index (κ1) is 40.8. The summed E-state index contributed by atoms with van der Waals surface area (Å²) in [4.78, 5) is 24.2. The van der Waals surface area contributed by atoms with Gasteiger partial charge >= 0.3 is 11.9 Å². The second kappa shape index (κ2) is 20.3. The van der Waals surface area contributed by atoms with E-state index in [9.17, 15) is 19.8 Å². The van der Waals surface area contributed by atoms with Crippen LogP contribution in [0.5, 0.6) is 5.75 Å². The Labute approximate surface area is 315 Å². The molecular formula is C46H54O7. The van der Waals surface area contributed by atoms with Gasteiger partial charge in [-0.1, -0.05) is 92.4 Å². The fraction of sp³-hybridized carbons (Fsp3) is 0.348. The quantitative estimate of drug-likeness (QED) is 0.0534.